The second-order valence-corrected chi connectivity index (χ2v) is 6.18. The van der Waals surface area contributed by atoms with Gasteiger partial charge in [-0.3, -0.25) is 4.79 Å². The standard InChI is InChI=1S/C13H14F3IN2O/c1-18(2)9-6-19(7-9)12(20)8-3-4-10(11(17)5-8)13(14,15)16/h3-5,9H,6-7H2,1-2H3. The number of alkyl halides is 3. The average molecular weight is 398 g/mol. The third-order valence-electron chi connectivity index (χ3n) is 3.40. The lowest BCUT2D eigenvalue weighted by Gasteiger charge is -2.42. The van der Waals surface area contributed by atoms with Gasteiger partial charge in [0.25, 0.3) is 5.91 Å². The van der Waals surface area contributed by atoms with Crippen LogP contribution in [0.25, 0.3) is 0 Å². The molecule has 1 aromatic rings. The molecule has 1 saturated heterocycles. The highest BCUT2D eigenvalue weighted by Gasteiger charge is 2.35. The summed E-state index contributed by atoms with van der Waals surface area (Å²) in [6.07, 6.45) is -4.38. The van der Waals surface area contributed by atoms with Gasteiger partial charge in [0.05, 0.1) is 5.56 Å². The number of benzene rings is 1. The fraction of sp³-hybridized carbons (Fsp3) is 0.462. The quantitative estimate of drug-likeness (QED) is 0.716. The van der Waals surface area contributed by atoms with Crippen LogP contribution in [0.4, 0.5) is 13.2 Å². The molecule has 0 aliphatic carbocycles. The number of nitrogens with zero attached hydrogens (tertiary/aromatic N) is 2. The van der Waals surface area contributed by atoms with Crippen LogP contribution in [0.2, 0.25) is 0 Å². The van der Waals surface area contributed by atoms with Gasteiger partial charge < -0.3 is 9.80 Å². The van der Waals surface area contributed by atoms with Gasteiger partial charge in [-0.25, -0.2) is 0 Å². The van der Waals surface area contributed by atoms with Crippen molar-refractivity contribution in [3.63, 3.8) is 0 Å². The number of rotatable bonds is 2. The third-order valence-corrected chi connectivity index (χ3v) is 4.29. The lowest BCUT2D eigenvalue weighted by molar-refractivity contribution is -0.138. The zero-order chi connectivity index (χ0) is 15.1. The number of likely N-dealkylation sites (tertiary alicyclic amines) is 1. The van der Waals surface area contributed by atoms with Gasteiger partial charge in [0.1, 0.15) is 0 Å². The van der Waals surface area contributed by atoms with Crippen molar-refractivity contribution in [2.24, 2.45) is 0 Å². The van der Waals surface area contributed by atoms with Crippen molar-refractivity contribution in [1.82, 2.24) is 9.80 Å². The maximum absolute atomic E-state index is 12.7. The Morgan fingerprint density at radius 3 is 2.40 bits per heavy atom. The van der Waals surface area contributed by atoms with E-state index >= 15 is 0 Å². The number of carbonyl (C=O) groups is 1. The zero-order valence-corrected chi connectivity index (χ0v) is 13.2. The SMILES string of the molecule is CN(C)C1CN(C(=O)c2ccc(C(F)(F)F)c(I)c2)C1. The van der Waals surface area contributed by atoms with E-state index in [9.17, 15) is 18.0 Å². The molecular formula is C13H14F3IN2O. The number of carbonyl (C=O) groups excluding carboxylic acids is 1. The van der Waals surface area contributed by atoms with E-state index in [-0.39, 0.29) is 9.48 Å². The first-order chi connectivity index (χ1) is 9.20. The Hall–Kier alpha value is -0.830. The Kier molecular flexibility index (Phi) is 4.29. The molecule has 0 bridgehead atoms. The summed E-state index contributed by atoms with van der Waals surface area (Å²) in [5.41, 5.74) is -0.399. The number of likely N-dealkylation sites (N-methyl/N-ethyl adjacent to an activating group) is 1. The molecule has 3 nitrogen and oxygen atoms in total. The van der Waals surface area contributed by atoms with Crippen molar-refractivity contribution in [3.05, 3.63) is 32.9 Å². The molecule has 1 aliphatic heterocycles. The molecule has 1 aliphatic rings. The molecule has 0 unspecified atom stereocenters. The minimum Gasteiger partial charge on any atom is -0.335 e. The van der Waals surface area contributed by atoms with Crippen LogP contribution in [0.15, 0.2) is 18.2 Å². The Balaban J connectivity index is 2.11. The summed E-state index contributed by atoms with van der Waals surface area (Å²) >= 11 is 1.61. The van der Waals surface area contributed by atoms with E-state index in [1.165, 1.54) is 12.1 Å². The number of halogens is 4. The van der Waals surface area contributed by atoms with Crippen LogP contribution in [0.1, 0.15) is 15.9 Å². The topological polar surface area (TPSA) is 23.6 Å². The van der Waals surface area contributed by atoms with Gasteiger partial charge in [-0.15, -0.1) is 0 Å². The Morgan fingerprint density at radius 2 is 1.95 bits per heavy atom. The molecular weight excluding hydrogens is 384 g/mol. The second kappa shape index (κ2) is 5.51. The van der Waals surface area contributed by atoms with E-state index in [0.29, 0.717) is 24.7 Å². The number of hydrogen-bond acceptors (Lipinski definition) is 2. The molecule has 1 amide bonds. The summed E-state index contributed by atoms with van der Waals surface area (Å²) in [5, 5.41) is 0. The molecule has 0 atom stereocenters. The van der Waals surface area contributed by atoms with Gasteiger partial charge in [-0.1, -0.05) is 0 Å². The van der Waals surface area contributed by atoms with E-state index in [0.717, 1.165) is 6.07 Å². The summed E-state index contributed by atoms with van der Waals surface area (Å²) in [6.45, 7) is 1.23. The average Bonchev–Trinajstić information content (AvgIpc) is 2.24. The van der Waals surface area contributed by atoms with E-state index in [1.807, 2.05) is 19.0 Å². The molecule has 1 heterocycles. The molecule has 7 heteroatoms. The molecule has 0 aromatic heterocycles. The van der Waals surface area contributed by atoms with Crippen molar-refractivity contribution >= 4 is 28.5 Å². The number of amides is 1. The fourth-order valence-corrected chi connectivity index (χ4v) is 2.83. The Labute approximate surface area is 128 Å². The molecule has 20 heavy (non-hydrogen) atoms. The van der Waals surface area contributed by atoms with E-state index < -0.39 is 11.7 Å². The first kappa shape index (κ1) is 15.6. The molecule has 1 aromatic carbocycles. The third kappa shape index (κ3) is 3.08. The maximum Gasteiger partial charge on any atom is 0.417 e. The van der Waals surface area contributed by atoms with Crippen LogP contribution in [0.3, 0.4) is 0 Å². The van der Waals surface area contributed by atoms with E-state index in [2.05, 4.69) is 0 Å². The molecule has 110 valence electrons. The predicted molar refractivity (Wildman–Crippen MR) is 77.5 cm³/mol. The summed E-state index contributed by atoms with van der Waals surface area (Å²) in [6, 6.07) is 3.84. The monoisotopic (exact) mass is 398 g/mol. The van der Waals surface area contributed by atoms with Gasteiger partial charge in [0.15, 0.2) is 0 Å². The predicted octanol–water partition coefficient (Wildman–Crippen LogP) is 2.70. The Bertz CT molecular complexity index is 525. The van der Waals surface area contributed by atoms with Crippen molar-refractivity contribution in [2.45, 2.75) is 12.2 Å². The highest BCUT2D eigenvalue weighted by atomic mass is 127. The Morgan fingerprint density at radius 1 is 1.35 bits per heavy atom. The molecule has 0 radical (unpaired) electrons. The van der Waals surface area contributed by atoms with Crippen LogP contribution in [-0.2, 0) is 6.18 Å². The second-order valence-electron chi connectivity index (χ2n) is 5.02. The van der Waals surface area contributed by atoms with Gasteiger partial charge in [-0.2, -0.15) is 13.2 Å². The smallest absolute Gasteiger partial charge is 0.335 e. The largest absolute Gasteiger partial charge is 0.417 e. The lowest BCUT2D eigenvalue weighted by Crippen LogP contribution is -2.59. The van der Waals surface area contributed by atoms with Crippen LogP contribution in [0, 0.1) is 3.57 Å². The van der Waals surface area contributed by atoms with Crippen LogP contribution >= 0.6 is 22.6 Å². The summed E-state index contributed by atoms with van der Waals surface area (Å²) in [7, 11) is 3.88. The molecule has 0 N–H and O–H groups in total. The van der Waals surface area contributed by atoms with Crippen LogP contribution < -0.4 is 0 Å². The molecule has 0 spiro atoms. The summed E-state index contributed by atoms with van der Waals surface area (Å²) < 4.78 is 38.0. The molecule has 2 rings (SSSR count). The van der Waals surface area contributed by atoms with Gasteiger partial charge in [-0.05, 0) is 54.9 Å². The van der Waals surface area contributed by atoms with Gasteiger partial charge in [0.2, 0.25) is 0 Å². The minimum absolute atomic E-state index is 0.0469. The van der Waals surface area contributed by atoms with E-state index in [1.54, 1.807) is 27.5 Å². The van der Waals surface area contributed by atoms with Crippen molar-refractivity contribution in [3.8, 4) is 0 Å². The highest BCUT2D eigenvalue weighted by molar-refractivity contribution is 14.1. The van der Waals surface area contributed by atoms with Crippen molar-refractivity contribution < 1.29 is 18.0 Å². The lowest BCUT2D eigenvalue weighted by atomic mass is 10.0. The molecule has 1 fully saturated rings. The minimum atomic E-state index is -4.38. The maximum atomic E-state index is 12.7. The summed E-state index contributed by atoms with van der Waals surface area (Å²) in [5.74, 6) is -0.213. The first-order valence-electron chi connectivity index (χ1n) is 6.02. The van der Waals surface area contributed by atoms with Gasteiger partial charge >= 0.3 is 6.18 Å². The normalized spacial score (nSPS) is 16.4. The number of hydrogen-bond donors (Lipinski definition) is 0. The zero-order valence-electron chi connectivity index (χ0n) is 11.0. The van der Waals surface area contributed by atoms with Crippen molar-refractivity contribution in [1.29, 1.82) is 0 Å². The van der Waals surface area contributed by atoms with Crippen LogP contribution in [0.5, 0.6) is 0 Å². The van der Waals surface area contributed by atoms with Crippen LogP contribution in [-0.4, -0.2) is 48.9 Å². The van der Waals surface area contributed by atoms with E-state index in [4.69, 9.17) is 0 Å². The van der Waals surface area contributed by atoms with Gasteiger partial charge in [0, 0.05) is 28.3 Å². The fourth-order valence-electron chi connectivity index (χ4n) is 2.01. The first-order valence-corrected chi connectivity index (χ1v) is 7.10. The molecule has 0 saturated carbocycles. The summed E-state index contributed by atoms with van der Waals surface area (Å²) in [4.78, 5) is 15.8. The van der Waals surface area contributed by atoms with Crippen molar-refractivity contribution in [2.75, 3.05) is 27.2 Å². The highest BCUT2D eigenvalue weighted by Crippen LogP contribution is 2.33.